The summed E-state index contributed by atoms with van der Waals surface area (Å²) in [5.41, 5.74) is 2.30. The van der Waals surface area contributed by atoms with Crippen LogP contribution in [0.3, 0.4) is 0 Å². The number of rotatable bonds is 5. The van der Waals surface area contributed by atoms with Gasteiger partial charge in [0.05, 0.1) is 6.04 Å². The molecule has 1 unspecified atom stereocenters. The van der Waals surface area contributed by atoms with E-state index in [2.05, 4.69) is 20.5 Å². The van der Waals surface area contributed by atoms with E-state index in [1.807, 2.05) is 45.0 Å². The maximum absolute atomic E-state index is 12.1. The van der Waals surface area contributed by atoms with Crippen LogP contribution in [0.5, 0.6) is 0 Å². The summed E-state index contributed by atoms with van der Waals surface area (Å²) in [6.45, 7) is 6.05. The summed E-state index contributed by atoms with van der Waals surface area (Å²) in [5, 5.41) is 9.66. The van der Waals surface area contributed by atoms with E-state index < -0.39 is 0 Å². The summed E-state index contributed by atoms with van der Waals surface area (Å²) < 4.78 is 0. The van der Waals surface area contributed by atoms with Gasteiger partial charge in [-0.25, -0.2) is 4.98 Å². The van der Waals surface area contributed by atoms with Gasteiger partial charge in [-0.05, 0) is 18.9 Å². The molecule has 1 heterocycles. The van der Waals surface area contributed by atoms with E-state index in [-0.39, 0.29) is 17.8 Å². The zero-order valence-electron chi connectivity index (χ0n) is 12.1. The molecule has 20 heavy (non-hydrogen) atoms. The molecule has 1 aromatic carbocycles. The van der Waals surface area contributed by atoms with Gasteiger partial charge in [-0.3, -0.25) is 9.89 Å². The third kappa shape index (κ3) is 3.23. The van der Waals surface area contributed by atoms with Crippen molar-refractivity contribution in [3.05, 3.63) is 47.0 Å². The van der Waals surface area contributed by atoms with Crippen LogP contribution in [0.15, 0.2) is 24.3 Å². The van der Waals surface area contributed by atoms with Crippen molar-refractivity contribution in [2.45, 2.75) is 39.7 Å². The van der Waals surface area contributed by atoms with Crippen LogP contribution >= 0.6 is 0 Å². The molecule has 1 amide bonds. The highest BCUT2D eigenvalue weighted by atomic mass is 16.2. The van der Waals surface area contributed by atoms with Crippen LogP contribution in [0, 0.1) is 6.92 Å². The Hall–Kier alpha value is -2.17. The van der Waals surface area contributed by atoms with Crippen molar-refractivity contribution in [2.75, 3.05) is 0 Å². The zero-order valence-corrected chi connectivity index (χ0v) is 12.1. The topological polar surface area (TPSA) is 70.7 Å². The first kappa shape index (κ1) is 14.2. The lowest BCUT2D eigenvalue weighted by Crippen LogP contribution is -2.29. The lowest BCUT2D eigenvalue weighted by atomic mass is 10.0. The molecular formula is C15H20N4O. The van der Waals surface area contributed by atoms with Gasteiger partial charge < -0.3 is 5.32 Å². The fraction of sp³-hybridized carbons (Fsp3) is 0.400. The molecule has 5 heteroatoms. The molecule has 0 bridgehead atoms. The molecule has 0 aliphatic carbocycles. The van der Waals surface area contributed by atoms with Crippen molar-refractivity contribution in [1.82, 2.24) is 20.5 Å². The minimum atomic E-state index is -0.242. The second kappa shape index (κ2) is 6.32. The fourth-order valence-corrected chi connectivity index (χ4v) is 2.00. The Labute approximate surface area is 118 Å². The first-order chi connectivity index (χ1) is 9.63. The Morgan fingerprint density at radius 2 is 2.00 bits per heavy atom. The van der Waals surface area contributed by atoms with Gasteiger partial charge in [0.2, 0.25) is 5.82 Å². The number of carbonyl (C=O) groups excluding carboxylic acids is 1. The van der Waals surface area contributed by atoms with Crippen LogP contribution in [-0.2, 0) is 6.42 Å². The van der Waals surface area contributed by atoms with E-state index in [0.29, 0.717) is 0 Å². The van der Waals surface area contributed by atoms with Gasteiger partial charge in [0.1, 0.15) is 5.82 Å². The summed E-state index contributed by atoms with van der Waals surface area (Å²) in [6.07, 6.45) is 1.55. The van der Waals surface area contributed by atoms with E-state index in [0.717, 1.165) is 24.2 Å². The molecule has 106 valence electrons. The van der Waals surface area contributed by atoms with Crippen molar-refractivity contribution in [3.63, 3.8) is 0 Å². The molecule has 0 saturated carbocycles. The maximum atomic E-state index is 12.1. The average molecular weight is 272 g/mol. The third-order valence-electron chi connectivity index (χ3n) is 3.26. The number of H-pyrrole nitrogens is 1. The molecule has 2 N–H and O–H groups in total. The molecule has 2 aromatic rings. The second-order valence-electron chi connectivity index (χ2n) is 4.80. The Morgan fingerprint density at radius 1 is 1.30 bits per heavy atom. The van der Waals surface area contributed by atoms with Gasteiger partial charge in [0.25, 0.3) is 5.91 Å². The predicted molar refractivity (Wildman–Crippen MR) is 77.4 cm³/mol. The summed E-state index contributed by atoms with van der Waals surface area (Å²) in [6, 6.07) is 8.16. The number of amides is 1. The van der Waals surface area contributed by atoms with Crippen LogP contribution in [0.2, 0.25) is 0 Å². The monoisotopic (exact) mass is 272 g/mol. The highest BCUT2D eigenvalue weighted by Gasteiger charge is 2.17. The van der Waals surface area contributed by atoms with Crippen molar-refractivity contribution in [1.29, 1.82) is 0 Å². The molecule has 0 spiro atoms. The molecule has 1 atom stereocenters. The van der Waals surface area contributed by atoms with Gasteiger partial charge >= 0.3 is 0 Å². The molecule has 0 saturated heterocycles. The molecule has 2 rings (SSSR count). The Kier molecular flexibility index (Phi) is 4.50. The molecular weight excluding hydrogens is 252 g/mol. The van der Waals surface area contributed by atoms with Crippen LogP contribution in [0.1, 0.15) is 53.9 Å². The largest absolute Gasteiger partial charge is 0.342 e. The zero-order chi connectivity index (χ0) is 14.5. The van der Waals surface area contributed by atoms with E-state index in [4.69, 9.17) is 0 Å². The van der Waals surface area contributed by atoms with Gasteiger partial charge in [0.15, 0.2) is 0 Å². The summed E-state index contributed by atoms with van der Waals surface area (Å²) >= 11 is 0. The summed E-state index contributed by atoms with van der Waals surface area (Å²) in [5.74, 6) is 0.680. The van der Waals surface area contributed by atoms with Crippen molar-refractivity contribution in [2.24, 2.45) is 0 Å². The standard InChI is InChI=1S/C15H20N4O/c1-4-12(11-8-6-10(3)7-9-11)16-15(20)14-17-13(5-2)18-19-14/h6-9,12H,4-5H2,1-3H3,(H,16,20)(H,17,18,19). The fourth-order valence-electron chi connectivity index (χ4n) is 2.00. The van der Waals surface area contributed by atoms with Gasteiger partial charge in [-0.2, -0.15) is 0 Å². The van der Waals surface area contributed by atoms with Crippen LogP contribution in [0.4, 0.5) is 0 Å². The highest BCUT2D eigenvalue weighted by Crippen LogP contribution is 2.17. The van der Waals surface area contributed by atoms with Crippen LogP contribution < -0.4 is 5.32 Å². The lowest BCUT2D eigenvalue weighted by Gasteiger charge is -2.16. The Morgan fingerprint density at radius 3 is 2.55 bits per heavy atom. The van der Waals surface area contributed by atoms with E-state index in [1.165, 1.54) is 5.56 Å². The normalized spacial score (nSPS) is 12.2. The van der Waals surface area contributed by atoms with Crippen molar-refractivity contribution < 1.29 is 4.79 Å². The Balaban J connectivity index is 2.09. The number of aromatic amines is 1. The first-order valence-electron chi connectivity index (χ1n) is 6.92. The summed E-state index contributed by atoms with van der Waals surface area (Å²) in [7, 11) is 0. The number of benzene rings is 1. The predicted octanol–water partition coefficient (Wildman–Crippen LogP) is 2.56. The number of nitrogens with one attached hydrogen (secondary N) is 2. The van der Waals surface area contributed by atoms with Crippen molar-refractivity contribution >= 4 is 5.91 Å². The summed E-state index contributed by atoms with van der Waals surface area (Å²) in [4.78, 5) is 16.3. The SMILES string of the molecule is CCc1nc(C(=O)NC(CC)c2ccc(C)cc2)n[nH]1. The molecule has 5 nitrogen and oxygen atoms in total. The van der Waals surface area contributed by atoms with E-state index in [1.54, 1.807) is 0 Å². The number of hydrogen-bond donors (Lipinski definition) is 2. The van der Waals surface area contributed by atoms with Crippen LogP contribution in [0.25, 0.3) is 0 Å². The van der Waals surface area contributed by atoms with Crippen molar-refractivity contribution in [3.8, 4) is 0 Å². The number of carbonyl (C=O) groups is 1. The lowest BCUT2D eigenvalue weighted by molar-refractivity contribution is 0.0925. The van der Waals surface area contributed by atoms with E-state index >= 15 is 0 Å². The molecule has 1 aromatic heterocycles. The average Bonchev–Trinajstić information content (AvgIpc) is 2.94. The highest BCUT2D eigenvalue weighted by molar-refractivity contribution is 5.90. The smallest absolute Gasteiger partial charge is 0.291 e. The van der Waals surface area contributed by atoms with Gasteiger partial charge in [-0.15, -0.1) is 5.10 Å². The molecule has 0 radical (unpaired) electrons. The Bertz CT molecular complexity index is 574. The first-order valence-corrected chi connectivity index (χ1v) is 6.92. The molecule has 0 aliphatic rings. The second-order valence-corrected chi connectivity index (χ2v) is 4.80. The number of aromatic nitrogens is 3. The minimum Gasteiger partial charge on any atom is -0.342 e. The quantitative estimate of drug-likeness (QED) is 0.878. The molecule has 0 aliphatic heterocycles. The number of aryl methyl sites for hydroxylation is 2. The van der Waals surface area contributed by atoms with Gasteiger partial charge in [0, 0.05) is 6.42 Å². The van der Waals surface area contributed by atoms with Crippen LogP contribution in [-0.4, -0.2) is 21.1 Å². The minimum absolute atomic E-state index is 0.0216. The number of nitrogens with zero attached hydrogens (tertiary/aromatic N) is 2. The third-order valence-corrected chi connectivity index (χ3v) is 3.26. The van der Waals surface area contributed by atoms with E-state index in [9.17, 15) is 4.79 Å². The number of hydrogen-bond acceptors (Lipinski definition) is 3. The maximum Gasteiger partial charge on any atom is 0.291 e. The molecule has 0 fully saturated rings. The van der Waals surface area contributed by atoms with Gasteiger partial charge in [-0.1, -0.05) is 43.7 Å².